The smallest absolute Gasteiger partial charge is 0.322 e. The van der Waals surface area contributed by atoms with Gasteiger partial charge in [-0.15, -0.1) is 0 Å². The van der Waals surface area contributed by atoms with Crippen LogP contribution < -0.4 is 0 Å². The number of phosphoric acid groups is 1. The fourth-order valence-electron chi connectivity index (χ4n) is 4.36. The Balaban J connectivity index is 3.46. The van der Waals surface area contributed by atoms with Crippen molar-refractivity contribution in [1.29, 1.82) is 0 Å². The molecule has 1 N–H and O–H groups in total. The lowest BCUT2D eigenvalue weighted by Gasteiger charge is -2.35. The first-order valence-electron chi connectivity index (χ1n) is 13.9. The summed E-state index contributed by atoms with van der Waals surface area (Å²) < 4.78 is 23.3. The molecular weight excluding hydrogens is 421 g/mol. The van der Waals surface area contributed by atoms with Crippen molar-refractivity contribution < 1.29 is 23.0 Å². The molecule has 0 rings (SSSR count). The van der Waals surface area contributed by atoms with Gasteiger partial charge in [-0.05, 0) is 27.2 Å². The van der Waals surface area contributed by atoms with Crippen LogP contribution in [-0.4, -0.2) is 48.8 Å². The van der Waals surface area contributed by atoms with Crippen LogP contribution in [0.3, 0.4) is 0 Å². The van der Waals surface area contributed by atoms with E-state index in [4.69, 9.17) is 9.05 Å². The van der Waals surface area contributed by atoms with Crippen LogP contribution in [0, 0.1) is 0 Å². The third kappa shape index (κ3) is 18.5. The second-order valence-corrected chi connectivity index (χ2v) is 10.9. The quantitative estimate of drug-likeness (QED) is 0.0815. The lowest BCUT2D eigenvalue weighted by Crippen LogP contribution is -2.49. The van der Waals surface area contributed by atoms with E-state index in [0.29, 0.717) is 6.61 Å². The van der Waals surface area contributed by atoms with Gasteiger partial charge in [0.15, 0.2) is 0 Å². The molecule has 32 heavy (non-hydrogen) atoms. The largest absolute Gasteiger partial charge is 0.472 e. The van der Waals surface area contributed by atoms with Crippen molar-refractivity contribution in [2.75, 3.05) is 39.4 Å². The molecule has 0 aliphatic carbocycles. The van der Waals surface area contributed by atoms with Crippen LogP contribution in [0.4, 0.5) is 0 Å². The Morgan fingerprint density at radius 1 is 0.562 bits per heavy atom. The molecule has 1 unspecified atom stereocenters. The van der Waals surface area contributed by atoms with Crippen LogP contribution >= 0.6 is 7.82 Å². The highest BCUT2D eigenvalue weighted by Crippen LogP contribution is 2.43. The van der Waals surface area contributed by atoms with E-state index in [1.54, 1.807) is 0 Å². The van der Waals surface area contributed by atoms with E-state index in [1.165, 1.54) is 89.9 Å². The summed E-state index contributed by atoms with van der Waals surface area (Å²) >= 11 is 0. The highest BCUT2D eigenvalue weighted by molar-refractivity contribution is 7.47. The number of unbranched alkanes of at least 4 members (excludes halogenated alkanes) is 15. The maximum Gasteiger partial charge on any atom is 0.472 e. The summed E-state index contributed by atoms with van der Waals surface area (Å²) in [6, 6.07) is 0. The summed E-state index contributed by atoms with van der Waals surface area (Å²) in [5.74, 6) is 0. The minimum Gasteiger partial charge on any atom is -0.322 e. The number of hydrogen-bond donors (Lipinski definition) is 1. The summed E-state index contributed by atoms with van der Waals surface area (Å²) in [7, 11) is -3.91. The first-order valence-corrected chi connectivity index (χ1v) is 15.4. The highest BCUT2D eigenvalue weighted by Gasteiger charge is 2.25. The number of rotatable bonds is 25. The van der Waals surface area contributed by atoms with E-state index in [0.717, 1.165) is 43.5 Å². The number of phosphoric ester groups is 1. The van der Waals surface area contributed by atoms with Crippen molar-refractivity contribution in [1.82, 2.24) is 0 Å². The van der Waals surface area contributed by atoms with Gasteiger partial charge in [0, 0.05) is 0 Å². The maximum atomic E-state index is 12.0. The molecule has 5 nitrogen and oxygen atoms in total. The zero-order valence-electron chi connectivity index (χ0n) is 22.1. The van der Waals surface area contributed by atoms with E-state index in [1.807, 2.05) is 0 Å². The predicted octanol–water partition coefficient (Wildman–Crippen LogP) is 8.26. The third-order valence-electron chi connectivity index (χ3n) is 7.08. The fourth-order valence-corrected chi connectivity index (χ4v) is 5.11. The van der Waals surface area contributed by atoms with Gasteiger partial charge in [-0.3, -0.25) is 9.05 Å². The van der Waals surface area contributed by atoms with E-state index >= 15 is 0 Å². The molecule has 0 aromatic rings. The van der Waals surface area contributed by atoms with Crippen molar-refractivity contribution >= 4 is 7.82 Å². The summed E-state index contributed by atoms with van der Waals surface area (Å²) in [5.41, 5.74) is 0. The van der Waals surface area contributed by atoms with Crippen LogP contribution in [0.15, 0.2) is 0 Å². The van der Waals surface area contributed by atoms with Gasteiger partial charge in [-0.2, -0.15) is 0 Å². The lowest BCUT2D eigenvalue weighted by atomic mass is 10.0. The maximum absolute atomic E-state index is 12.0. The Bertz CT molecular complexity index is 435. The second-order valence-electron chi connectivity index (χ2n) is 9.45. The van der Waals surface area contributed by atoms with Crippen LogP contribution in [0.1, 0.15) is 130 Å². The highest BCUT2D eigenvalue weighted by atomic mass is 31.2. The van der Waals surface area contributed by atoms with Crippen molar-refractivity contribution in [3.05, 3.63) is 0 Å². The first-order chi connectivity index (χ1) is 15.4. The molecule has 0 radical (unpaired) electrons. The normalized spacial score (nSPS) is 14.0. The average molecular weight is 479 g/mol. The Morgan fingerprint density at radius 2 is 0.906 bits per heavy atom. The molecule has 0 aliphatic heterocycles. The average Bonchev–Trinajstić information content (AvgIpc) is 2.79. The molecule has 0 aliphatic rings. The standard InChI is InChI=1S/C26H56NO4P/c1-5-9-10-11-12-13-14-15-16-17-18-19-20-21-22-23-25-30-32(28,29)31-26-24-27(6-2,7-3)8-4/h5-26H2,1-4H3/p+1. The van der Waals surface area contributed by atoms with Crippen molar-refractivity contribution in [3.8, 4) is 0 Å². The van der Waals surface area contributed by atoms with Gasteiger partial charge in [0.05, 0.1) is 26.2 Å². The van der Waals surface area contributed by atoms with E-state index in [9.17, 15) is 9.46 Å². The summed E-state index contributed by atoms with van der Waals surface area (Å²) in [6.45, 7) is 13.1. The third-order valence-corrected chi connectivity index (χ3v) is 8.10. The molecule has 0 saturated heterocycles. The summed E-state index contributed by atoms with van der Waals surface area (Å²) in [5, 5.41) is 0. The number of likely N-dealkylation sites (N-methyl/N-ethyl adjacent to an activating group) is 1. The van der Waals surface area contributed by atoms with Crippen molar-refractivity contribution in [2.24, 2.45) is 0 Å². The van der Waals surface area contributed by atoms with Gasteiger partial charge in [0.25, 0.3) is 0 Å². The molecule has 0 aromatic heterocycles. The number of nitrogens with zero attached hydrogens (tertiary/aromatic N) is 1. The van der Waals surface area contributed by atoms with Crippen LogP contribution in [0.5, 0.6) is 0 Å². The molecule has 1 atom stereocenters. The molecule has 0 saturated carbocycles. The topological polar surface area (TPSA) is 55.8 Å². The Labute approximate surface area is 200 Å². The van der Waals surface area contributed by atoms with Gasteiger partial charge >= 0.3 is 7.82 Å². The predicted molar refractivity (Wildman–Crippen MR) is 138 cm³/mol. The molecule has 0 bridgehead atoms. The Kier molecular flexibility index (Phi) is 21.6. The van der Waals surface area contributed by atoms with E-state index in [2.05, 4.69) is 27.7 Å². The zero-order valence-corrected chi connectivity index (χ0v) is 23.0. The molecule has 194 valence electrons. The minimum absolute atomic E-state index is 0.266. The van der Waals surface area contributed by atoms with Crippen LogP contribution in [0.25, 0.3) is 0 Å². The second kappa shape index (κ2) is 21.6. The van der Waals surface area contributed by atoms with E-state index in [-0.39, 0.29) is 6.61 Å². The molecular formula is C26H57NO4P+. The number of quaternary nitrogens is 1. The molecule has 0 fully saturated rings. The zero-order chi connectivity index (χ0) is 24.0. The first kappa shape index (κ1) is 32.1. The Hall–Kier alpha value is 0.0700. The van der Waals surface area contributed by atoms with Gasteiger partial charge < -0.3 is 9.38 Å². The van der Waals surface area contributed by atoms with Crippen LogP contribution in [-0.2, 0) is 13.6 Å². The lowest BCUT2D eigenvalue weighted by molar-refractivity contribution is -0.923. The fraction of sp³-hybridized carbons (Fsp3) is 1.00. The molecule has 6 heteroatoms. The Morgan fingerprint density at radius 3 is 1.28 bits per heavy atom. The summed E-state index contributed by atoms with van der Waals surface area (Å²) in [4.78, 5) is 9.86. The monoisotopic (exact) mass is 478 g/mol. The van der Waals surface area contributed by atoms with Gasteiger partial charge in [-0.1, -0.05) is 103 Å². The van der Waals surface area contributed by atoms with Gasteiger partial charge in [-0.25, -0.2) is 4.57 Å². The van der Waals surface area contributed by atoms with Crippen molar-refractivity contribution in [3.63, 3.8) is 0 Å². The van der Waals surface area contributed by atoms with Crippen LogP contribution in [0.2, 0.25) is 0 Å². The minimum atomic E-state index is -3.91. The SMILES string of the molecule is CCCCCCCCCCCCCCCCCCOP(=O)(O)OCC[N+](CC)(CC)CC. The van der Waals surface area contributed by atoms with Crippen molar-refractivity contribution in [2.45, 2.75) is 130 Å². The van der Waals surface area contributed by atoms with Gasteiger partial charge in [0.2, 0.25) is 0 Å². The molecule has 0 spiro atoms. The molecule has 0 heterocycles. The molecule has 0 amide bonds. The summed E-state index contributed by atoms with van der Waals surface area (Å²) in [6.07, 6.45) is 21.0. The molecule has 0 aromatic carbocycles. The van der Waals surface area contributed by atoms with Gasteiger partial charge in [0.1, 0.15) is 13.2 Å². The number of hydrogen-bond acceptors (Lipinski definition) is 3. The van der Waals surface area contributed by atoms with E-state index < -0.39 is 7.82 Å².